The summed E-state index contributed by atoms with van der Waals surface area (Å²) in [6.07, 6.45) is 1.68. The van der Waals surface area contributed by atoms with Crippen molar-refractivity contribution < 1.29 is 13.2 Å². The van der Waals surface area contributed by atoms with Gasteiger partial charge in [-0.1, -0.05) is 17.7 Å². The van der Waals surface area contributed by atoms with Crippen LogP contribution in [-0.4, -0.2) is 25.3 Å². The molecule has 0 bridgehead atoms. The predicted octanol–water partition coefficient (Wildman–Crippen LogP) is 4.41. The van der Waals surface area contributed by atoms with Crippen LogP contribution in [0, 0.1) is 6.92 Å². The second-order valence-electron chi connectivity index (χ2n) is 5.46. The Morgan fingerprint density at radius 1 is 1.23 bits per heavy atom. The summed E-state index contributed by atoms with van der Waals surface area (Å²) < 4.78 is 35.7. The average Bonchev–Trinajstić information content (AvgIpc) is 3.00. The van der Waals surface area contributed by atoms with Crippen molar-refractivity contribution in [1.29, 1.82) is 0 Å². The van der Waals surface area contributed by atoms with E-state index in [0.29, 0.717) is 10.2 Å². The molecule has 1 N–H and O–H groups in total. The van der Waals surface area contributed by atoms with Crippen LogP contribution >= 0.6 is 27.5 Å². The zero-order valence-electron chi connectivity index (χ0n) is 13.9. The maximum atomic E-state index is 12.9. The average molecular weight is 457 g/mol. The minimum absolute atomic E-state index is 0.0555. The maximum Gasteiger partial charge on any atom is 0.265 e. The predicted molar refractivity (Wildman–Crippen MR) is 105 cm³/mol. The molecule has 1 aromatic heterocycles. The Hall–Kier alpha value is -2.03. The zero-order valence-corrected chi connectivity index (χ0v) is 17.1. The fraction of sp³-hybridized carbons (Fsp3) is 0.118. The van der Waals surface area contributed by atoms with Gasteiger partial charge in [-0.15, -0.1) is 0 Å². The second kappa shape index (κ2) is 7.30. The van der Waals surface area contributed by atoms with Crippen LogP contribution < -0.4 is 9.46 Å². The number of methoxy groups -OCH3 is 1. The lowest BCUT2D eigenvalue weighted by molar-refractivity contribution is 0.400. The number of hydrogen-bond donors (Lipinski definition) is 1. The minimum Gasteiger partial charge on any atom is -0.494 e. The molecule has 26 heavy (non-hydrogen) atoms. The third kappa shape index (κ3) is 3.72. The molecule has 0 aliphatic carbocycles. The Labute approximate surface area is 164 Å². The van der Waals surface area contributed by atoms with Crippen LogP contribution in [-0.2, 0) is 10.0 Å². The van der Waals surface area contributed by atoms with E-state index in [1.807, 2.05) is 19.1 Å². The van der Waals surface area contributed by atoms with Gasteiger partial charge in [-0.25, -0.2) is 13.1 Å². The number of aryl methyl sites for hydroxylation is 1. The fourth-order valence-electron chi connectivity index (χ4n) is 2.49. The van der Waals surface area contributed by atoms with Crippen molar-refractivity contribution in [2.75, 3.05) is 11.8 Å². The van der Waals surface area contributed by atoms with Crippen LogP contribution in [0.4, 0.5) is 5.69 Å². The Morgan fingerprint density at radius 2 is 2.00 bits per heavy atom. The molecule has 0 fully saturated rings. The van der Waals surface area contributed by atoms with Crippen molar-refractivity contribution in [3.05, 3.63) is 63.9 Å². The van der Waals surface area contributed by atoms with Crippen molar-refractivity contribution in [1.82, 2.24) is 9.78 Å². The van der Waals surface area contributed by atoms with Gasteiger partial charge in [0.25, 0.3) is 10.0 Å². The molecular weight excluding hydrogens is 442 g/mol. The largest absolute Gasteiger partial charge is 0.494 e. The Kier molecular flexibility index (Phi) is 5.27. The summed E-state index contributed by atoms with van der Waals surface area (Å²) in [5, 5.41) is 4.50. The lowest BCUT2D eigenvalue weighted by Gasteiger charge is -2.14. The number of nitrogens with zero attached hydrogens (tertiary/aromatic N) is 2. The van der Waals surface area contributed by atoms with E-state index in [-0.39, 0.29) is 15.7 Å². The normalized spacial score (nSPS) is 11.4. The Bertz CT molecular complexity index is 1070. The molecule has 0 saturated carbocycles. The first-order chi connectivity index (χ1) is 12.3. The molecule has 0 amide bonds. The summed E-state index contributed by atoms with van der Waals surface area (Å²) in [6, 6.07) is 11.7. The Balaban J connectivity index is 2.00. The number of rotatable bonds is 5. The fourth-order valence-corrected chi connectivity index (χ4v) is 4.92. The van der Waals surface area contributed by atoms with Crippen LogP contribution in [0.3, 0.4) is 0 Å². The second-order valence-corrected chi connectivity index (χ2v) is 8.40. The molecule has 0 radical (unpaired) electrons. The highest BCUT2D eigenvalue weighted by Gasteiger charge is 2.23. The van der Waals surface area contributed by atoms with Crippen LogP contribution in [0.2, 0.25) is 5.02 Å². The van der Waals surface area contributed by atoms with Gasteiger partial charge in [-0.05, 0) is 59.3 Å². The molecule has 9 heteroatoms. The van der Waals surface area contributed by atoms with E-state index in [1.54, 1.807) is 35.1 Å². The first-order valence-electron chi connectivity index (χ1n) is 7.49. The Morgan fingerprint density at radius 3 is 2.65 bits per heavy atom. The van der Waals surface area contributed by atoms with E-state index in [9.17, 15) is 8.42 Å². The molecule has 0 aliphatic rings. The highest BCUT2D eigenvalue weighted by molar-refractivity contribution is 9.10. The van der Waals surface area contributed by atoms with Crippen LogP contribution in [0.15, 0.2) is 58.0 Å². The van der Waals surface area contributed by atoms with Gasteiger partial charge >= 0.3 is 0 Å². The first-order valence-corrected chi connectivity index (χ1v) is 10.1. The summed E-state index contributed by atoms with van der Waals surface area (Å²) in [6.45, 7) is 1.91. The third-order valence-electron chi connectivity index (χ3n) is 3.64. The number of hydrogen-bond acceptors (Lipinski definition) is 4. The van der Waals surface area contributed by atoms with Gasteiger partial charge in [0.15, 0.2) is 5.75 Å². The summed E-state index contributed by atoms with van der Waals surface area (Å²) in [5.74, 6) is 0.181. The van der Waals surface area contributed by atoms with Crippen molar-refractivity contribution in [2.24, 2.45) is 0 Å². The molecule has 3 aromatic rings. The lowest BCUT2D eigenvalue weighted by atomic mass is 10.3. The molecule has 2 aromatic carbocycles. The number of sulfonamides is 1. The van der Waals surface area contributed by atoms with Gasteiger partial charge in [-0.2, -0.15) is 5.10 Å². The lowest BCUT2D eigenvalue weighted by Crippen LogP contribution is -2.14. The van der Waals surface area contributed by atoms with E-state index in [4.69, 9.17) is 16.3 Å². The number of nitrogens with one attached hydrogen (secondary N) is 1. The summed E-state index contributed by atoms with van der Waals surface area (Å²) in [7, 11) is -2.52. The van der Waals surface area contributed by atoms with Gasteiger partial charge in [0.2, 0.25) is 0 Å². The molecule has 1 heterocycles. The molecule has 136 valence electrons. The van der Waals surface area contributed by atoms with Gasteiger partial charge in [-0.3, -0.25) is 4.72 Å². The van der Waals surface area contributed by atoms with Crippen molar-refractivity contribution in [3.63, 3.8) is 0 Å². The SMILES string of the molecule is COc1c(Br)cc(Cl)cc1S(=O)(=O)Nc1cccc(-n2nccc2C)c1. The molecule has 0 unspecified atom stereocenters. The number of anilines is 1. The minimum atomic E-state index is -3.92. The molecule has 3 rings (SSSR count). The van der Waals surface area contributed by atoms with E-state index in [1.165, 1.54) is 13.2 Å². The van der Waals surface area contributed by atoms with Gasteiger partial charge in [0, 0.05) is 16.9 Å². The van der Waals surface area contributed by atoms with E-state index >= 15 is 0 Å². The molecule has 0 saturated heterocycles. The highest BCUT2D eigenvalue weighted by Crippen LogP contribution is 2.36. The van der Waals surface area contributed by atoms with E-state index in [0.717, 1.165) is 11.4 Å². The molecule has 0 atom stereocenters. The maximum absolute atomic E-state index is 12.9. The summed E-state index contributed by atoms with van der Waals surface area (Å²) >= 11 is 9.28. The highest BCUT2D eigenvalue weighted by atomic mass is 79.9. The number of ether oxygens (including phenoxy) is 1. The van der Waals surface area contributed by atoms with Crippen LogP contribution in [0.1, 0.15) is 5.69 Å². The van der Waals surface area contributed by atoms with Gasteiger partial charge in [0.1, 0.15) is 4.90 Å². The number of halogens is 2. The standard InChI is InChI=1S/C17H15BrClN3O3S/c1-11-6-7-20-22(11)14-5-3-4-13(10-14)21-26(23,24)16-9-12(19)8-15(18)17(16)25-2/h3-10,21H,1-2H3. The molecular formula is C17H15BrClN3O3S. The third-order valence-corrected chi connectivity index (χ3v) is 5.84. The van der Waals surface area contributed by atoms with Crippen LogP contribution in [0.5, 0.6) is 5.75 Å². The summed E-state index contributed by atoms with van der Waals surface area (Å²) in [4.78, 5) is -0.0555. The van der Waals surface area contributed by atoms with Crippen molar-refractivity contribution in [3.8, 4) is 11.4 Å². The van der Waals surface area contributed by atoms with E-state index < -0.39 is 10.0 Å². The molecule has 0 spiro atoms. The quantitative estimate of drug-likeness (QED) is 0.617. The van der Waals surface area contributed by atoms with Crippen molar-refractivity contribution in [2.45, 2.75) is 11.8 Å². The molecule has 6 nitrogen and oxygen atoms in total. The topological polar surface area (TPSA) is 73.2 Å². The van der Waals surface area contributed by atoms with E-state index in [2.05, 4.69) is 25.8 Å². The van der Waals surface area contributed by atoms with Gasteiger partial charge in [0.05, 0.1) is 23.0 Å². The van der Waals surface area contributed by atoms with Crippen LogP contribution in [0.25, 0.3) is 5.69 Å². The molecule has 0 aliphatic heterocycles. The smallest absolute Gasteiger partial charge is 0.265 e. The zero-order chi connectivity index (χ0) is 18.9. The number of aromatic nitrogens is 2. The first kappa shape index (κ1) is 18.8. The van der Waals surface area contributed by atoms with Gasteiger partial charge < -0.3 is 4.74 Å². The monoisotopic (exact) mass is 455 g/mol. The summed E-state index contributed by atoms with van der Waals surface area (Å²) in [5.41, 5.74) is 2.08. The number of benzene rings is 2. The van der Waals surface area contributed by atoms with Crippen molar-refractivity contribution >= 4 is 43.2 Å².